The second-order valence-corrected chi connectivity index (χ2v) is 8.94. The van der Waals surface area contributed by atoms with Crippen LogP contribution < -0.4 is 5.32 Å². The smallest absolute Gasteiger partial charge is 0.475 e. The van der Waals surface area contributed by atoms with Gasteiger partial charge in [0.15, 0.2) is 11.5 Å². The van der Waals surface area contributed by atoms with E-state index in [1.165, 1.54) is 18.5 Å². The van der Waals surface area contributed by atoms with Gasteiger partial charge in [-0.1, -0.05) is 23.7 Å². The van der Waals surface area contributed by atoms with Crippen LogP contribution in [0.1, 0.15) is 18.5 Å². The highest BCUT2D eigenvalue weighted by Crippen LogP contribution is 2.39. The minimum Gasteiger partial charge on any atom is -0.475 e. The lowest BCUT2D eigenvalue weighted by Crippen LogP contribution is -2.21. The van der Waals surface area contributed by atoms with E-state index in [1.807, 2.05) is 31.2 Å². The number of nitrogens with zero attached hydrogens (tertiary/aromatic N) is 4. The lowest BCUT2D eigenvalue weighted by molar-refractivity contribution is -0.193. The molecule has 0 bridgehead atoms. The fourth-order valence-electron chi connectivity index (χ4n) is 3.67. The van der Waals surface area contributed by atoms with Crippen LogP contribution >= 0.6 is 11.6 Å². The molecule has 1 unspecified atom stereocenters. The summed E-state index contributed by atoms with van der Waals surface area (Å²) in [4.78, 5) is 38.1. The van der Waals surface area contributed by atoms with Crippen molar-refractivity contribution in [1.29, 1.82) is 0 Å². The molecule has 0 amide bonds. The number of aromatic amines is 1. The van der Waals surface area contributed by atoms with Gasteiger partial charge in [-0.15, -0.1) is 0 Å². The van der Waals surface area contributed by atoms with Gasteiger partial charge in [0.05, 0.1) is 22.9 Å². The molecule has 44 heavy (non-hydrogen) atoms. The predicted octanol–water partition coefficient (Wildman–Crippen LogP) is 6.80. The average molecular weight is 647 g/mol. The fraction of sp³-hybridized carbons (Fsp3) is 0.154. The third-order valence-corrected chi connectivity index (χ3v) is 5.83. The number of halogens is 8. The molecular formula is C26H18ClF7N6O4. The third kappa shape index (κ3) is 8.27. The van der Waals surface area contributed by atoms with Crippen LogP contribution in [-0.4, -0.2) is 59.4 Å². The van der Waals surface area contributed by atoms with Crippen molar-refractivity contribution >= 4 is 51.4 Å². The SMILES string of the molecule is CC(Nc1ncnc2nc[nH]c12)c1cc(Cl)c2cccnc2c1-c1cccc(F)c1.O=C(O)C(F)(F)F.O=C(O)C(F)(F)F. The Kier molecular flexibility index (Phi) is 10.3. The normalized spacial score (nSPS) is 12.0. The maximum atomic E-state index is 14.1. The zero-order valence-electron chi connectivity index (χ0n) is 21.9. The summed E-state index contributed by atoms with van der Waals surface area (Å²) in [6, 6.07) is 11.9. The quantitative estimate of drug-likeness (QED) is 0.154. The lowest BCUT2D eigenvalue weighted by Gasteiger charge is -2.21. The van der Waals surface area contributed by atoms with Gasteiger partial charge < -0.3 is 20.5 Å². The second kappa shape index (κ2) is 13.5. The molecule has 0 fully saturated rings. The first-order chi connectivity index (χ1) is 20.5. The molecule has 0 radical (unpaired) electrons. The van der Waals surface area contributed by atoms with Crippen LogP contribution in [0.25, 0.3) is 33.2 Å². The first-order valence-electron chi connectivity index (χ1n) is 11.8. The molecule has 5 rings (SSSR count). The van der Waals surface area contributed by atoms with Crippen molar-refractivity contribution in [2.45, 2.75) is 25.3 Å². The molecule has 0 saturated carbocycles. The largest absolute Gasteiger partial charge is 0.490 e. The Morgan fingerprint density at radius 2 is 1.57 bits per heavy atom. The van der Waals surface area contributed by atoms with Crippen molar-refractivity contribution in [3.8, 4) is 11.1 Å². The molecule has 2 aromatic carbocycles. The Labute approximate surface area is 246 Å². The molecule has 0 aliphatic rings. The number of alkyl halides is 6. The minimum absolute atomic E-state index is 0.214. The maximum absolute atomic E-state index is 14.1. The summed E-state index contributed by atoms with van der Waals surface area (Å²) in [5, 5.41) is 19.0. The number of carboxylic acids is 2. The van der Waals surface area contributed by atoms with Crippen molar-refractivity contribution in [3.63, 3.8) is 0 Å². The van der Waals surface area contributed by atoms with Gasteiger partial charge in [0.1, 0.15) is 17.7 Å². The Bertz CT molecular complexity index is 1770. The lowest BCUT2D eigenvalue weighted by atomic mass is 9.92. The van der Waals surface area contributed by atoms with E-state index in [-0.39, 0.29) is 11.9 Å². The van der Waals surface area contributed by atoms with E-state index in [2.05, 4.69) is 30.2 Å². The van der Waals surface area contributed by atoms with Gasteiger partial charge in [0.2, 0.25) is 0 Å². The fourth-order valence-corrected chi connectivity index (χ4v) is 3.94. The standard InChI is InChI=1S/C22H16ClFN6.2C2HF3O2/c1-12(30-22-20-21(27-10-26-20)28-11-29-22)16-9-17(23)15-6-3-7-25-19(15)18(16)13-4-2-5-14(24)8-13;2*3-2(4,5)1(6)7/h2-12H,1H3,(H2,26,27,28,29,30);2*(H,6,7). The van der Waals surface area contributed by atoms with E-state index < -0.39 is 24.3 Å². The van der Waals surface area contributed by atoms with Gasteiger partial charge in [0, 0.05) is 17.1 Å². The molecule has 3 heterocycles. The molecule has 3 aromatic heterocycles. The highest BCUT2D eigenvalue weighted by molar-refractivity contribution is 6.36. The molecule has 1 atom stereocenters. The van der Waals surface area contributed by atoms with Crippen molar-refractivity contribution in [2.75, 3.05) is 5.32 Å². The van der Waals surface area contributed by atoms with Crippen molar-refractivity contribution < 1.29 is 50.5 Å². The number of H-pyrrole nitrogens is 1. The minimum atomic E-state index is -5.08. The van der Waals surface area contributed by atoms with Gasteiger partial charge in [0.25, 0.3) is 0 Å². The molecule has 18 heteroatoms. The monoisotopic (exact) mass is 646 g/mol. The number of anilines is 1. The number of carbonyl (C=O) groups is 2. The summed E-state index contributed by atoms with van der Waals surface area (Å²) in [5.41, 5.74) is 4.43. The summed E-state index contributed by atoms with van der Waals surface area (Å²) in [6.07, 6.45) is -5.42. The Hall–Kier alpha value is -5.06. The molecule has 0 aliphatic heterocycles. The molecule has 0 aliphatic carbocycles. The van der Waals surface area contributed by atoms with E-state index in [0.29, 0.717) is 27.5 Å². The van der Waals surface area contributed by atoms with E-state index in [0.717, 1.165) is 22.1 Å². The van der Waals surface area contributed by atoms with Gasteiger partial charge in [-0.3, -0.25) is 4.98 Å². The average Bonchev–Trinajstić information content (AvgIpc) is 3.43. The molecule has 5 aromatic rings. The van der Waals surface area contributed by atoms with Crippen molar-refractivity contribution in [3.05, 3.63) is 77.7 Å². The molecule has 0 spiro atoms. The van der Waals surface area contributed by atoms with Gasteiger partial charge in [-0.25, -0.2) is 28.9 Å². The van der Waals surface area contributed by atoms with Crippen LogP contribution in [0.15, 0.2) is 61.3 Å². The molecular weight excluding hydrogens is 629 g/mol. The number of benzene rings is 2. The van der Waals surface area contributed by atoms with Crippen molar-refractivity contribution in [1.82, 2.24) is 24.9 Å². The highest BCUT2D eigenvalue weighted by Gasteiger charge is 2.38. The van der Waals surface area contributed by atoms with Gasteiger partial charge in [-0.05, 0) is 48.4 Å². The van der Waals surface area contributed by atoms with Gasteiger partial charge in [-0.2, -0.15) is 26.3 Å². The van der Waals surface area contributed by atoms with Crippen LogP contribution in [0.5, 0.6) is 0 Å². The number of hydrogen-bond acceptors (Lipinski definition) is 7. The van der Waals surface area contributed by atoms with E-state index in [1.54, 1.807) is 18.6 Å². The number of pyridine rings is 1. The zero-order valence-corrected chi connectivity index (χ0v) is 22.6. The van der Waals surface area contributed by atoms with Crippen LogP contribution in [0, 0.1) is 5.82 Å². The van der Waals surface area contributed by atoms with Gasteiger partial charge >= 0.3 is 24.3 Å². The van der Waals surface area contributed by atoms with Crippen LogP contribution in [0.2, 0.25) is 5.02 Å². The maximum Gasteiger partial charge on any atom is 0.490 e. The van der Waals surface area contributed by atoms with Crippen molar-refractivity contribution in [2.24, 2.45) is 0 Å². The number of rotatable bonds is 4. The van der Waals surface area contributed by atoms with Crippen LogP contribution in [0.3, 0.4) is 0 Å². The van der Waals surface area contributed by atoms with E-state index in [9.17, 15) is 30.7 Å². The summed E-state index contributed by atoms with van der Waals surface area (Å²) < 4.78 is 77.5. The molecule has 4 N–H and O–H groups in total. The predicted molar refractivity (Wildman–Crippen MR) is 143 cm³/mol. The Balaban J connectivity index is 0.000000317. The zero-order chi connectivity index (χ0) is 32.8. The number of aromatic nitrogens is 5. The summed E-state index contributed by atoms with van der Waals surface area (Å²) in [7, 11) is 0. The number of carboxylic acid groups (broad SMARTS) is 2. The van der Waals surface area contributed by atoms with Crippen LogP contribution in [0.4, 0.5) is 36.6 Å². The molecule has 232 valence electrons. The Morgan fingerprint density at radius 3 is 2.16 bits per heavy atom. The number of fused-ring (bicyclic) bond motifs is 2. The topological polar surface area (TPSA) is 154 Å². The first kappa shape index (κ1) is 33.4. The summed E-state index contributed by atoms with van der Waals surface area (Å²) in [6.45, 7) is 1.99. The molecule has 10 nitrogen and oxygen atoms in total. The third-order valence-electron chi connectivity index (χ3n) is 5.51. The number of hydrogen-bond donors (Lipinski definition) is 4. The van der Waals surface area contributed by atoms with Crippen LogP contribution in [-0.2, 0) is 9.59 Å². The Morgan fingerprint density at radius 1 is 0.932 bits per heavy atom. The summed E-state index contributed by atoms with van der Waals surface area (Å²) in [5.74, 6) is -5.21. The number of aliphatic carboxylic acids is 2. The first-order valence-corrected chi connectivity index (χ1v) is 12.2. The van der Waals surface area contributed by atoms with E-state index in [4.69, 9.17) is 31.4 Å². The highest BCUT2D eigenvalue weighted by atomic mass is 35.5. The summed E-state index contributed by atoms with van der Waals surface area (Å²) >= 11 is 6.59. The second-order valence-electron chi connectivity index (χ2n) is 8.53. The number of nitrogens with one attached hydrogen (secondary N) is 2. The number of imidazole rings is 1. The van der Waals surface area contributed by atoms with E-state index >= 15 is 0 Å². The molecule has 0 saturated heterocycles.